The molecule has 0 spiro atoms. The molecule has 3 rings (SSSR count). The number of nitrogens with zero attached hydrogens (tertiary/aromatic N) is 2. The summed E-state index contributed by atoms with van der Waals surface area (Å²) >= 11 is 0. The first-order valence-corrected chi connectivity index (χ1v) is 14.3. The number of esters is 2. The van der Waals surface area contributed by atoms with Gasteiger partial charge in [0.15, 0.2) is 23.0 Å². The van der Waals surface area contributed by atoms with Crippen LogP contribution >= 0.6 is 0 Å². The van der Waals surface area contributed by atoms with Gasteiger partial charge in [0.05, 0.1) is 67.0 Å². The summed E-state index contributed by atoms with van der Waals surface area (Å²) in [4.78, 5) is 25.5. The first-order valence-electron chi connectivity index (χ1n) is 14.3. The van der Waals surface area contributed by atoms with Gasteiger partial charge in [-0.25, -0.2) is 19.6 Å². The van der Waals surface area contributed by atoms with E-state index in [2.05, 4.69) is 10.0 Å². The summed E-state index contributed by atoms with van der Waals surface area (Å²) in [5.41, 5.74) is 0.652. The number of methoxy groups -OCH3 is 6. The molecule has 1 fully saturated rings. The molecule has 12 nitrogen and oxygen atoms in total. The third-order valence-corrected chi connectivity index (χ3v) is 7.12. The van der Waals surface area contributed by atoms with E-state index in [0.29, 0.717) is 58.5 Å². The minimum absolute atomic E-state index is 0.270. The van der Waals surface area contributed by atoms with Crippen molar-refractivity contribution in [2.75, 3.05) is 82.1 Å². The Kier molecular flexibility index (Phi) is 13.5. The van der Waals surface area contributed by atoms with Gasteiger partial charge in [-0.05, 0) is 49.9 Å². The van der Waals surface area contributed by atoms with Crippen LogP contribution in [0.3, 0.4) is 0 Å². The van der Waals surface area contributed by atoms with Crippen molar-refractivity contribution >= 4 is 11.9 Å². The predicted octanol–water partition coefficient (Wildman–Crippen LogP) is 4.24. The van der Waals surface area contributed by atoms with Crippen LogP contribution in [-0.4, -0.2) is 104 Å². The molecule has 1 heterocycles. The number of hydrogen-bond acceptors (Lipinski definition) is 12. The van der Waals surface area contributed by atoms with Gasteiger partial charge in [0, 0.05) is 26.2 Å². The van der Waals surface area contributed by atoms with Crippen LogP contribution in [0.5, 0.6) is 34.5 Å². The molecule has 0 amide bonds. The fraction of sp³-hybridized carbons (Fsp3) is 0.548. The van der Waals surface area contributed by atoms with E-state index in [1.807, 2.05) is 0 Å². The third kappa shape index (κ3) is 9.04. The lowest BCUT2D eigenvalue weighted by atomic mass is 10.2. The van der Waals surface area contributed by atoms with Gasteiger partial charge in [-0.1, -0.05) is 6.42 Å². The van der Waals surface area contributed by atoms with E-state index in [1.54, 1.807) is 24.3 Å². The number of carbonyl (C=O) groups is 2. The van der Waals surface area contributed by atoms with E-state index in [9.17, 15) is 9.59 Å². The van der Waals surface area contributed by atoms with E-state index in [-0.39, 0.29) is 13.2 Å². The van der Waals surface area contributed by atoms with Crippen LogP contribution in [0.2, 0.25) is 0 Å². The monoisotopic (exact) mass is 604 g/mol. The van der Waals surface area contributed by atoms with Gasteiger partial charge in [-0.15, -0.1) is 0 Å². The number of hydrazine groups is 1. The Morgan fingerprint density at radius 3 is 1.21 bits per heavy atom. The molecule has 2 aromatic rings. The SMILES string of the molecule is COc1cc(C(=O)OCCCN2CCCCCN2CCCOC(=O)c2cc(OC)c(OC)c(OC)c2)cc(OC)c1OC. The molecule has 0 aliphatic carbocycles. The van der Waals surface area contributed by atoms with Crippen molar-refractivity contribution in [1.29, 1.82) is 0 Å². The van der Waals surface area contributed by atoms with Crippen LogP contribution in [-0.2, 0) is 9.47 Å². The molecule has 238 valence electrons. The van der Waals surface area contributed by atoms with Gasteiger partial charge in [-0.3, -0.25) is 0 Å². The largest absolute Gasteiger partial charge is 0.493 e. The highest BCUT2D eigenvalue weighted by molar-refractivity contribution is 5.91. The zero-order valence-electron chi connectivity index (χ0n) is 26.1. The van der Waals surface area contributed by atoms with Gasteiger partial charge in [0.1, 0.15) is 0 Å². The molecule has 0 saturated carbocycles. The van der Waals surface area contributed by atoms with Crippen LogP contribution in [0.1, 0.15) is 52.8 Å². The van der Waals surface area contributed by atoms with Crippen molar-refractivity contribution in [2.24, 2.45) is 0 Å². The molecular formula is C31H44N2O10. The standard InChI is InChI=1S/C31H44N2O10/c1-36-24-18-22(19-25(37-2)28(24)40-5)30(34)42-16-10-14-32-12-8-7-9-13-33(32)15-11-17-43-31(35)23-20-26(38-3)29(41-6)27(21-23)39-4/h18-21H,7-17H2,1-6H3. The van der Waals surface area contributed by atoms with Gasteiger partial charge in [0.2, 0.25) is 11.5 Å². The van der Waals surface area contributed by atoms with Crippen molar-refractivity contribution in [3.63, 3.8) is 0 Å². The Morgan fingerprint density at radius 1 is 0.558 bits per heavy atom. The third-order valence-electron chi connectivity index (χ3n) is 7.12. The maximum absolute atomic E-state index is 12.7. The van der Waals surface area contributed by atoms with E-state index >= 15 is 0 Å². The number of carbonyl (C=O) groups excluding carboxylic acids is 2. The second-order valence-electron chi connectivity index (χ2n) is 9.77. The Bertz CT molecular complexity index is 1060. The topological polar surface area (TPSA) is 114 Å². The summed E-state index contributed by atoms with van der Waals surface area (Å²) in [6.45, 7) is 3.87. The van der Waals surface area contributed by atoms with Crippen LogP contribution in [0.15, 0.2) is 24.3 Å². The van der Waals surface area contributed by atoms with Crippen LogP contribution in [0.4, 0.5) is 0 Å². The normalized spacial score (nSPS) is 13.9. The van der Waals surface area contributed by atoms with E-state index in [0.717, 1.165) is 45.4 Å². The van der Waals surface area contributed by atoms with Crippen molar-refractivity contribution in [2.45, 2.75) is 32.1 Å². The Morgan fingerprint density at radius 2 is 0.907 bits per heavy atom. The minimum atomic E-state index is -0.458. The van der Waals surface area contributed by atoms with Crippen LogP contribution < -0.4 is 28.4 Å². The molecule has 0 bridgehead atoms. The van der Waals surface area contributed by atoms with E-state index in [4.69, 9.17) is 37.9 Å². The summed E-state index contributed by atoms with van der Waals surface area (Å²) < 4.78 is 43.1. The maximum atomic E-state index is 12.7. The van der Waals surface area contributed by atoms with Crippen molar-refractivity contribution < 1.29 is 47.5 Å². The molecule has 0 aromatic heterocycles. The molecule has 0 atom stereocenters. The maximum Gasteiger partial charge on any atom is 0.338 e. The highest BCUT2D eigenvalue weighted by atomic mass is 16.5. The highest BCUT2D eigenvalue weighted by Gasteiger charge is 2.21. The van der Waals surface area contributed by atoms with E-state index in [1.165, 1.54) is 42.7 Å². The molecule has 1 aliphatic heterocycles. The summed E-state index contributed by atoms with van der Waals surface area (Å²) in [6.07, 6.45) is 4.68. The first-order chi connectivity index (χ1) is 20.9. The van der Waals surface area contributed by atoms with Crippen molar-refractivity contribution in [3.05, 3.63) is 35.4 Å². The number of rotatable bonds is 16. The molecule has 1 aliphatic rings. The zero-order chi connectivity index (χ0) is 31.2. The lowest BCUT2D eigenvalue weighted by Gasteiger charge is -2.33. The average molecular weight is 605 g/mol. The Balaban J connectivity index is 1.48. The molecule has 12 heteroatoms. The van der Waals surface area contributed by atoms with Crippen molar-refractivity contribution in [1.82, 2.24) is 10.0 Å². The van der Waals surface area contributed by atoms with Gasteiger partial charge in [0.25, 0.3) is 0 Å². The zero-order valence-corrected chi connectivity index (χ0v) is 26.1. The summed E-state index contributed by atoms with van der Waals surface area (Å²) in [5, 5.41) is 4.61. The quantitative estimate of drug-likeness (QED) is 0.202. The van der Waals surface area contributed by atoms with Gasteiger partial charge in [-0.2, -0.15) is 0 Å². The smallest absolute Gasteiger partial charge is 0.338 e. The number of hydrogen-bond donors (Lipinski definition) is 0. The van der Waals surface area contributed by atoms with E-state index < -0.39 is 11.9 Å². The van der Waals surface area contributed by atoms with Gasteiger partial charge >= 0.3 is 11.9 Å². The first kappa shape index (κ1) is 33.6. The Hall–Kier alpha value is -3.90. The van der Waals surface area contributed by atoms with Crippen LogP contribution in [0, 0.1) is 0 Å². The lowest BCUT2D eigenvalue weighted by Crippen LogP contribution is -2.44. The van der Waals surface area contributed by atoms with Crippen molar-refractivity contribution in [3.8, 4) is 34.5 Å². The molecule has 1 saturated heterocycles. The summed E-state index contributed by atoms with van der Waals surface area (Å²) in [7, 11) is 9.01. The number of benzene rings is 2. The molecule has 2 aromatic carbocycles. The Labute approximate surface area is 253 Å². The fourth-order valence-corrected chi connectivity index (χ4v) is 4.94. The minimum Gasteiger partial charge on any atom is -0.493 e. The predicted molar refractivity (Wildman–Crippen MR) is 159 cm³/mol. The molecular weight excluding hydrogens is 560 g/mol. The second-order valence-corrected chi connectivity index (χ2v) is 9.77. The summed E-state index contributed by atoms with van der Waals surface area (Å²) in [5.74, 6) is 1.48. The molecule has 43 heavy (non-hydrogen) atoms. The molecule has 0 N–H and O–H groups in total. The number of ether oxygens (including phenoxy) is 8. The highest BCUT2D eigenvalue weighted by Crippen LogP contribution is 2.39. The molecule has 0 radical (unpaired) electrons. The fourth-order valence-electron chi connectivity index (χ4n) is 4.94. The lowest BCUT2D eigenvalue weighted by molar-refractivity contribution is -0.0265. The summed E-state index contributed by atoms with van der Waals surface area (Å²) in [6, 6.07) is 6.31. The average Bonchev–Trinajstić information content (AvgIpc) is 3.27. The molecule has 0 unspecified atom stereocenters. The second kappa shape index (κ2) is 17.3. The van der Waals surface area contributed by atoms with Crippen LogP contribution in [0.25, 0.3) is 0 Å². The van der Waals surface area contributed by atoms with Gasteiger partial charge < -0.3 is 37.9 Å².